The van der Waals surface area contributed by atoms with Gasteiger partial charge in [0.1, 0.15) is 5.75 Å². The Hall–Kier alpha value is -2.28. The molecular formula is C14H20N2O5. The summed E-state index contributed by atoms with van der Waals surface area (Å²) in [5.41, 5.74) is 0.383. The van der Waals surface area contributed by atoms with Crippen LogP contribution in [-0.2, 0) is 4.74 Å². The smallest absolute Gasteiger partial charge is 0.335 e. The van der Waals surface area contributed by atoms with Gasteiger partial charge in [0.2, 0.25) is 0 Å². The number of nitrogens with zero attached hydrogens (tertiary/aromatic N) is 1. The Kier molecular flexibility index (Phi) is 6.48. The average molecular weight is 296 g/mol. The van der Waals surface area contributed by atoms with Gasteiger partial charge >= 0.3 is 12.0 Å². The van der Waals surface area contributed by atoms with Gasteiger partial charge in [-0.2, -0.15) is 0 Å². The Bertz CT molecular complexity index is 504. The molecule has 0 aliphatic heterocycles. The number of rotatable bonds is 7. The fourth-order valence-corrected chi connectivity index (χ4v) is 1.60. The third kappa shape index (κ3) is 4.96. The van der Waals surface area contributed by atoms with Gasteiger partial charge in [0, 0.05) is 20.2 Å². The number of methoxy groups -OCH3 is 1. The van der Waals surface area contributed by atoms with E-state index in [2.05, 4.69) is 5.32 Å². The first-order valence-electron chi connectivity index (χ1n) is 6.50. The van der Waals surface area contributed by atoms with Crippen molar-refractivity contribution in [1.82, 2.24) is 4.90 Å². The van der Waals surface area contributed by atoms with Crippen molar-refractivity contribution in [2.24, 2.45) is 0 Å². The Morgan fingerprint density at radius 3 is 2.67 bits per heavy atom. The van der Waals surface area contributed by atoms with Crippen molar-refractivity contribution < 1.29 is 24.2 Å². The van der Waals surface area contributed by atoms with E-state index in [9.17, 15) is 9.59 Å². The number of urea groups is 1. The van der Waals surface area contributed by atoms with Crippen LogP contribution in [0.3, 0.4) is 0 Å². The number of aromatic carboxylic acids is 1. The SMILES string of the molecule is CCOCCN(C)C(=O)Nc1cc(C(=O)O)ccc1OC. The molecule has 1 aromatic carbocycles. The van der Waals surface area contributed by atoms with E-state index in [4.69, 9.17) is 14.6 Å². The van der Waals surface area contributed by atoms with Crippen LogP contribution in [0.1, 0.15) is 17.3 Å². The van der Waals surface area contributed by atoms with Crippen molar-refractivity contribution in [2.75, 3.05) is 39.2 Å². The second-order valence-corrected chi connectivity index (χ2v) is 4.27. The summed E-state index contributed by atoms with van der Waals surface area (Å²) in [6, 6.07) is 3.90. The van der Waals surface area contributed by atoms with Crippen LogP contribution >= 0.6 is 0 Å². The Balaban J connectivity index is 2.78. The standard InChI is InChI=1S/C14H20N2O5/c1-4-21-8-7-16(2)14(19)15-11-9-10(13(17)18)5-6-12(11)20-3/h5-6,9H,4,7-8H2,1-3H3,(H,15,19)(H,17,18). The monoisotopic (exact) mass is 296 g/mol. The zero-order valence-corrected chi connectivity index (χ0v) is 12.4. The normalized spacial score (nSPS) is 10.0. The maximum atomic E-state index is 12.0. The molecule has 2 N–H and O–H groups in total. The number of carboxylic acids is 1. The summed E-state index contributed by atoms with van der Waals surface area (Å²) in [5.74, 6) is -0.676. The molecule has 7 nitrogen and oxygen atoms in total. The molecule has 7 heteroatoms. The van der Waals surface area contributed by atoms with E-state index in [1.54, 1.807) is 7.05 Å². The maximum absolute atomic E-state index is 12.0. The third-order valence-electron chi connectivity index (χ3n) is 2.81. The van der Waals surface area contributed by atoms with Gasteiger partial charge in [-0.05, 0) is 25.1 Å². The van der Waals surface area contributed by atoms with Crippen LogP contribution in [-0.4, -0.2) is 55.9 Å². The third-order valence-corrected chi connectivity index (χ3v) is 2.81. The summed E-state index contributed by atoms with van der Waals surface area (Å²) in [6.07, 6.45) is 0. The first kappa shape index (κ1) is 16.8. The van der Waals surface area contributed by atoms with Gasteiger partial charge in [-0.25, -0.2) is 9.59 Å². The zero-order valence-electron chi connectivity index (χ0n) is 12.4. The molecule has 2 amide bonds. The van der Waals surface area contributed by atoms with Crippen LogP contribution in [0.2, 0.25) is 0 Å². The van der Waals surface area contributed by atoms with E-state index in [0.29, 0.717) is 31.2 Å². The quantitative estimate of drug-likeness (QED) is 0.750. The van der Waals surface area contributed by atoms with Gasteiger partial charge in [0.05, 0.1) is 25.0 Å². The van der Waals surface area contributed by atoms with Crippen molar-refractivity contribution >= 4 is 17.7 Å². The number of hydrogen-bond acceptors (Lipinski definition) is 4. The highest BCUT2D eigenvalue weighted by molar-refractivity contribution is 5.94. The molecule has 0 radical (unpaired) electrons. The van der Waals surface area contributed by atoms with E-state index >= 15 is 0 Å². The highest BCUT2D eigenvalue weighted by atomic mass is 16.5. The fraction of sp³-hybridized carbons (Fsp3) is 0.429. The molecule has 0 heterocycles. The van der Waals surface area contributed by atoms with E-state index in [-0.39, 0.29) is 11.6 Å². The molecular weight excluding hydrogens is 276 g/mol. The van der Waals surface area contributed by atoms with Crippen molar-refractivity contribution in [2.45, 2.75) is 6.92 Å². The number of carboxylic acid groups (broad SMARTS) is 1. The van der Waals surface area contributed by atoms with Crippen molar-refractivity contribution in [3.8, 4) is 5.75 Å². The zero-order chi connectivity index (χ0) is 15.8. The van der Waals surface area contributed by atoms with Crippen LogP contribution < -0.4 is 10.1 Å². The summed E-state index contributed by atoms with van der Waals surface area (Å²) in [7, 11) is 3.08. The van der Waals surface area contributed by atoms with Crippen molar-refractivity contribution in [3.05, 3.63) is 23.8 Å². The summed E-state index contributed by atoms with van der Waals surface area (Å²) in [6.45, 7) is 3.33. The predicted octanol–water partition coefficient (Wildman–Crippen LogP) is 1.89. The summed E-state index contributed by atoms with van der Waals surface area (Å²) < 4.78 is 10.3. The van der Waals surface area contributed by atoms with Gasteiger partial charge in [-0.1, -0.05) is 0 Å². The van der Waals surface area contributed by atoms with Gasteiger partial charge in [0.25, 0.3) is 0 Å². The minimum absolute atomic E-state index is 0.0723. The van der Waals surface area contributed by atoms with Crippen molar-refractivity contribution in [1.29, 1.82) is 0 Å². The maximum Gasteiger partial charge on any atom is 0.335 e. The number of ether oxygens (including phenoxy) is 2. The van der Waals surface area contributed by atoms with Crippen LogP contribution in [0, 0.1) is 0 Å². The number of hydrogen-bond donors (Lipinski definition) is 2. The molecule has 0 aromatic heterocycles. The number of amides is 2. The highest BCUT2D eigenvalue weighted by Gasteiger charge is 2.14. The minimum atomic E-state index is -1.07. The van der Waals surface area contributed by atoms with E-state index < -0.39 is 5.97 Å². The Labute approximate surface area is 123 Å². The molecule has 0 saturated heterocycles. The van der Waals surface area contributed by atoms with Gasteiger partial charge in [-0.15, -0.1) is 0 Å². The molecule has 0 fully saturated rings. The molecule has 0 atom stereocenters. The highest BCUT2D eigenvalue weighted by Crippen LogP contribution is 2.25. The van der Waals surface area contributed by atoms with Gasteiger partial charge in [0.15, 0.2) is 0 Å². The predicted molar refractivity (Wildman–Crippen MR) is 78.1 cm³/mol. The summed E-state index contributed by atoms with van der Waals surface area (Å²) in [4.78, 5) is 24.4. The molecule has 116 valence electrons. The molecule has 0 bridgehead atoms. The van der Waals surface area contributed by atoms with Crippen LogP contribution in [0.15, 0.2) is 18.2 Å². The van der Waals surface area contributed by atoms with Crippen LogP contribution in [0.4, 0.5) is 10.5 Å². The van der Waals surface area contributed by atoms with Gasteiger partial charge < -0.3 is 24.8 Å². The topological polar surface area (TPSA) is 88.1 Å². The number of nitrogens with one attached hydrogen (secondary N) is 1. The summed E-state index contributed by atoms with van der Waals surface area (Å²) in [5, 5.41) is 11.6. The lowest BCUT2D eigenvalue weighted by Gasteiger charge is -2.19. The first-order chi connectivity index (χ1) is 9.99. The molecule has 21 heavy (non-hydrogen) atoms. The largest absolute Gasteiger partial charge is 0.495 e. The lowest BCUT2D eigenvalue weighted by atomic mass is 10.2. The minimum Gasteiger partial charge on any atom is -0.495 e. The second-order valence-electron chi connectivity index (χ2n) is 4.27. The number of likely N-dealkylation sites (N-methyl/N-ethyl adjacent to an activating group) is 1. The van der Waals surface area contributed by atoms with Gasteiger partial charge in [-0.3, -0.25) is 0 Å². The van der Waals surface area contributed by atoms with Crippen molar-refractivity contribution in [3.63, 3.8) is 0 Å². The van der Waals surface area contributed by atoms with Crippen LogP contribution in [0.5, 0.6) is 5.75 Å². The Morgan fingerprint density at radius 2 is 2.10 bits per heavy atom. The average Bonchev–Trinajstić information content (AvgIpc) is 2.47. The second kappa shape index (κ2) is 8.11. The number of benzene rings is 1. The van der Waals surface area contributed by atoms with Crippen LogP contribution in [0.25, 0.3) is 0 Å². The molecule has 0 saturated carbocycles. The number of anilines is 1. The van der Waals surface area contributed by atoms with E-state index in [1.165, 1.54) is 30.2 Å². The van der Waals surface area contributed by atoms with E-state index in [0.717, 1.165) is 0 Å². The number of carbonyl (C=O) groups excluding carboxylic acids is 1. The molecule has 0 unspecified atom stereocenters. The fourth-order valence-electron chi connectivity index (χ4n) is 1.60. The Morgan fingerprint density at radius 1 is 1.38 bits per heavy atom. The first-order valence-corrected chi connectivity index (χ1v) is 6.50. The lowest BCUT2D eigenvalue weighted by Crippen LogP contribution is -2.34. The molecule has 0 spiro atoms. The molecule has 1 aromatic rings. The van der Waals surface area contributed by atoms with E-state index in [1.807, 2.05) is 6.92 Å². The molecule has 0 aliphatic carbocycles. The molecule has 0 aliphatic rings. The summed E-state index contributed by atoms with van der Waals surface area (Å²) >= 11 is 0. The molecule has 1 rings (SSSR count). The lowest BCUT2D eigenvalue weighted by molar-refractivity contribution is 0.0697. The number of carbonyl (C=O) groups is 2.